The standard InChI is InChI=1S/C19H22N2O/c1-4-20-19(22)21-18-9-7-16(8-10-18)5-6-17-12-14(2)11-15(3)13-17/h5-13H,4H2,1-3H3,(H2,20,21,22)/b6-5+. The number of carbonyl (C=O) groups excluding carboxylic acids is 1. The largest absolute Gasteiger partial charge is 0.338 e. The van der Waals surface area contributed by atoms with E-state index in [4.69, 9.17) is 0 Å². The molecule has 114 valence electrons. The molecule has 0 aromatic heterocycles. The van der Waals surface area contributed by atoms with Gasteiger partial charge in [0.2, 0.25) is 0 Å². The van der Waals surface area contributed by atoms with Crippen LogP contribution in [-0.2, 0) is 0 Å². The third kappa shape index (κ3) is 4.77. The number of carbonyl (C=O) groups is 1. The van der Waals surface area contributed by atoms with Crippen LogP contribution in [0.2, 0.25) is 0 Å². The summed E-state index contributed by atoms with van der Waals surface area (Å²) >= 11 is 0. The first kappa shape index (κ1) is 15.8. The highest BCUT2D eigenvalue weighted by molar-refractivity contribution is 5.89. The summed E-state index contributed by atoms with van der Waals surface area (Å²) in [5.74, 6) is 0. The van der Waals surface area contributed by atoms with Gasteiger partial charge in [0.05, 0.1) is 0 Å². The lowest BCUT2D eigenvalue weighted by Gasteiger charge is -2.05. The number of benzene rings is 2. The highest BCUT2D eigenvalue weighted by Gasteiger charge is 1.99. The van der Waals surface area contributed by atoms with Crippen LogP contribution in [0.25, 0.3) is 12.2 Å². The van der Waals surface area contributed by atoms with E-state index in [2.05, 4.69) is 54.8 Å². The Morgan fingerprint density at radius 3 is 2.14 bits per heavy atom. The van der Waals surface area contributed by atoms with Gasteiger partial charge in [-0.3, -0.25) is 0 Å². The molecule has 2 N–H and O–H groups in total. The zero-order chi connectivity index (χ0) is 15.9. The van der Waals surface area contributed by atoms with E-state index in [0.717, 1.165) is 11.3 Å². The first-order valence-corrected chi connectivity index (χ1v) is 7.48. The lowest BCUT2D eigenvalue weighted by Crippen LogP contribution is -2.28. The fourth-order valence-electron chi connectivity index (χ4n) is 2.31. The molecule has 2 aromatic rings. The number of aryl methyl sites for hydroxylation is 2. The van der Waals surface area contributed by atoms with E-state index in [9.17, 15) is 4.79 Å². The van der Waals surface area contributed by atoms with Gasteiger partial charge in [0.15, 0.2) is 0 Å². The van der Waals surface area contributed by atoms with Crippen molar-refractivity contribution in [2.45, 2.75) is 20.8 Å². The summed E-state index contributed by atoms with van der Waals surface area (Å²) in [6.07, 6.45) is 4.18. The van der Waals surface area contributed by atoms with Gasteiger partial charge in [-0.25, -0.2) is 4.79 Å². The summed E-state index contributed by atoms with van der Waals surface area (Å²) in [4.78, 5) is 11.4. The summed E-state index contributed by atoms with van der Waals surface area (Å²) in [5.41, 5.74) is 5.61. The van der Waals surface area contributed by atoms with E-state index in [0.29, 0.717) is 6.54 Å². The molecular weight excluding hydrogens is 272 g/mol. The number of anilines is 1. The number of urea groups is 1. The maximum absolute atomic E-state index is 11.4. The van der Waals surface area contributed by atoms with Gasteiger partial charge in [0, 0.05) is 12.2 Å². The normalized spacial score (nSPS) is 10.7. The minimum absolute atomic E-state index is 0.180. The van der Waals surface area contributed by atoms with E-state index < -0.39 is 0 Å². The van der Waals surface area contributed by atoms with Crippen molar-refractivity contribution in [1.29, 1.82) is 0 Å². The Morgan fingerprint density at radius 2 is 1.55 bits per heavy atom. The molecule has 0 unspecified atom stereocenters. The van der Waals surface area contributed by atoms with Crippen LogP contribution in [-0.4, -0.2) is 12.6 Å². The molecule has 0 radical (unpaired) electrons. The van der Waals surface area contributed by atoms with Gasteiger partial charge in [0.1, 0.15) is 0 Å². The fourth-order valence-corrected chi connectivity index (χ4v) is 2.31. The van der Waals surface area contributed by atoms with Crippen molar-refractivity contribution >= 4 is 23.9 Å². The summed E-state index contributed by atoms with van der Waals surface area (Å²) in [6.45, 7) is 6.71. The fraction of sp³-hybridized carbons (Fsp3) is 0.211. The predicted molar refractivity (Wildman–Crippen MR) is 94.0 cm³/mol. The Bertz CT molecular complexity index is 652. The summed E-state index contributed by atoms with van der Waals surface area (Å²) in [7, 11) is 0. The summed E-state index contributed by atoms with van der Waals surface area (Å²) < 4.78 is 0. The number of hydrogen-bond acceptors (Lipinski definition) is 1. The number of rotatable bonds is 4. The Hall–Kier alpha value is -2.55. The Morgan fingerprint density at radius 1 is 0.955 bits per heavy atom. The minimum atomic E-state index is -0.180. The third-order valence-corrected chi connectivity index (χ3v) is 3.22. The van der Waals surface area contributed by atoms with Crippen molar-refractivity contribution in [3.8, 4) is 0 Å². The van der Waals surface area contributed by atoms with Crippen LogP contribution in [0, 0.1) is 13.8 Å². The van der Waals surface area contributed by atoms with Gasteiger partial charge in [-0.15, -0.1) is 0 Å². The van der Waals surface area contributed by atoms with Gasteiger partial charge in [-0.1, -0.05) is 53.6 Å². The number of amides is 2. The third-order valence-electron chi connectivity index (χ3n) is 3.22. The van der Waals surface area contributed by atoms with Crippen molar-refractivity contribution in [1.82, 2.24) is 5.32 Å². The van der Waals surface area contributed by atoms with Crippen molar-refractivity contribution < 1.29 is 4.79 Å². The Kier molecular flexibility index (Phi) is 5.37. The topological polar surface area (TPSA) is 41.1 Å². The molecule has 0 saturated heterocycles. The molecule has 2 aromatic carbocycles. The first-order valence-electron chi connectivity index (χ1n) is 7.48. The minimum Gasteiger partial charge on any atom is -0.338 e. The quantitative estimate of drug-likeness (QED) is 0.794. The average Bonchev–Trinajstić information content (AvgIpc) is 2.46. The summed E-state index contributed by atoms with van der Waals surface area (Å²) in [5, 5.41) is 5.49. The molecule has 0 atom stereocenters. The molecule has 22 heavy (non-hydrogen) atoms. The number of hydrogen-bond donors (Lipinski definition) is 2. The van der Waals surface area contributed by atoms with Crippen LogP contribution >= 0.6 is 0 Å². The van der Waals surface area contributed by atoms with E-state index in [1.807, 2.05) is 31.2 Å². The van der Waals surface area contributed by atoms with Crippen LogP contribution < -0.4 is 10.6 Å². The maximum Gasteiger partial charge on any atom is 0.319 e. The van der Waals surface area contributed by atoms with Gasteiger partial charge < -0.3 is 10.6 Å². The molecule has 0 saturated carbocycles. The monoisotopic (exact) mass is 294 g/mol. The van der Waals surface area contributed by atoms with Crippen LogP contribution in [0.4, 0.5) is 10.5 Å². The average molecular weight is 294 g/mol. The maximum atomic E-state index is 11.4. The van der Waals surface area contributed by atoms with Crippen molar-refractivity contribution in [2.75, 3.05) is 11.9 Å². The van der Waals surface area contributed by atoms with Crippen LogP contribution in [0.3, 0.4) is 0 Å². The van der Waals surface area contributed by atoms with Crippen molar-refractivity contribution in [3.63, 3.8) is 0 Å². The SMILES string of the molecule is CCNC(=O)Nc1ccc(/C=C/c2cc(C)cc(C)c2)cc1. The van der Waals surface area contributed by atoms with Gasteiger partial charge in [0.25, 0.3) is 0 Å². The van der Waals surface area contributed by atoms with E-state index in [1.54, 1.807) is 0 Å². The van der Waals surface area contributed by atoms with Crippen LogP contribution in [0.5, 0.6) is 0 Å². The lowest BCUT2D eigenvalue weighted by atomic mass is 10.1. The van der Waals surface area contributed by atoms with E-state index >= 15 is 0 Å². The Balaban J connectivity index is 2.04. The molecule has 2 amide bonds. The smallest absolute Gasteiger partial charge is 0.319 e. The Labute approximate surface area is 132 Å². The molecule has 0 spiro atoms. The summed E-state index contributed by atoms with van der Waals surface area (Å²) in [6, 6.07) is 14.1. The molecule has 3 nitrogen and oxygen atoms in total. The molecule has 0 heterocycles. The highest BCUT2D eigenvalue weighted by Crippen LogP contribution is 2.15. The molecule has 0 bridgehead atoms. The molecule has 3 heteroatoms. The number of nitrogens with one attached hydrogen (secondary N) is 2. The van der Waals surface area contributed by atoms with Crippen molar-refractivity contribution in [3.05, 3.63) is 64.7 Å². The van der Waals surface area contributed by atoms with Crippen molar-refractivity contribution in [2.24, 2.45) is 0 Å². The molecule has 0 fully saturated rings. The first-order chi connectivity index (χ1) is 10.6. The van der Waals surface area contributed by atoms with Crippen LogP contribution in [0.1, 0.15) is 29.2 Å². The van der Waals surface area contributed by atoms with Gasteiger partial charge >= 0.3 is 6.03 Å². The van der Waals surface area contributed by atoms with Gasteiger partial charge in [-0.2, -0.15) is 0 Å². The second kappa shape index (κ2) is 7.46. The molecular formula is C19H22N2O. The molecule has 2 rings (SSSR count). The van der Waals surface area contributed by atoms with Gasteiger partial charge in [-0.05, 0) is 44.0 Å². The van der Waals surface area contributed by atoms with Crippen LogP contribution in [0.15, 0.2) is 42.5 Å². The second-order valence-corrected chi connectivity index (χ2v) is 5.36. The lowest BCUT2D eigenvalue weighted by molar-refractivity contribution is 0.252. The zero-order valence-corrected chi connectivity index (χ0v) is 13.3. The molecule has 0 aliphatic heterocycles. The molecule has 0 aliphatic carbocycles. The van der Waals surface area contributed by atoms with E-state index in [1.165, 1.54) is 16.7 Å². The molecule has 0 aliphatic rings. The predicted octanol–water partition coefficient (Wildman–Crippen LogP) is 4.62. The zero-order valence-electron chi connectivity index (χ0n) is 13.3. The second-order valence-electron chi connectivity index (χ2n) is 5.36. The highest BCUT2D eigenvalue weighted by atomic mass is 16.2. The van der Waals surface area contributed by atoms with E-state index in [-0.39, 0.29) is 6.03 Å².